The van der Waals surface area contributed by atoms with E-state index in [-0.39, 0.29) is 18.3 Å². The van der Waals surface area contributed by atoms with E-state index in [1.807, 2.05) is 6.92 Å². The van der Waals surface area contributed by atoms with Crippen LogP contribution >= 0.6 is 0 Å². The Morgan fingerprint density at radius 2 is 1.69 bits per heavy atom. The van der Waals surface area contributed by atoms with Crippen LogP contribution < -0.4 is 5.32 Å². The molecule has 0 spiro atoms. The number of rotatable bonds is 4. The minimum atomic E-state index is -4.38. The Labute approximate surface area is 183 Å². The Morgan fingerprint density at radius 3 is 2.31 bits per heavy atom. The Bertz CT molecular complexity index is 1050. The van der Waals surface area contributed by atoms with Gasteiger partial charge in [-0.25, -0.2) is 8.78 Å². The van der Waals surface area contributed by atoms with Crippen molar-refractivity contribution in [1.29, 1.82) is 0 Å². The van der Waals surface area contributed by atoms with Crippen molar-refractivity contribution in [3.05, 3.63) is 70.3 Å². The van der Waals surface area contributed by atoms with Gasteiger partial charge in [0.15, 0.2) is 0 Å². The van der Waals surface area contributed by atoms with Crippen LogP contribution in [0.25, 0.3) is 5.57 Å². The summed E-state index contributed by atoms with van der Waals surface area (Å²) in [5.41, 5.74) is 0.610. The molecule has 1 N–H and O–H groups in total. The van der Waals surface area contributed by atoms with Gasteiger partial charge in [0.05, 0.1) is 0 Å². The number of hydrogen-bond donors (Lipinski definition) is 1. The fourth-order valence-corrected chi connectivity index (χ4v) is 5.10. The van der Waals surface area contributed by atoms with Gasteiger partial charge in [0.2, 0.25) is 0 Å². The number of carbonyl (C=O) groups excluding carboxylic acids is 1. The molecule has 2 aliphatic rings. The topological polar surface area (TPSA) is 29.1 Å². The zero-order chi connectivity index (χ0) is 23.0. The van der Waals surface area contributed by atoms with Gasteiger partial charge < -0.3 is 5.32 Å². The Kier molecular flexibility index (Phi) is 6.10. The van der Waals surface area contributed by atoms with Crippen LogP contribution in [0.2, 0.25) is 0 Å². The van der Waals surface area contributed by atoms with Gasteiger partial charge in [-0.05, 0) is 84.9 Å². The maximum Gasteiger partial charge on any atom is 0.412 e. The van der Waals surface area contributed by atoms with Gasteiger partial charge in [-0.3, -0.25) is 4.79 Å². The minimum Gasteiger partial charge on any atom is -0.322 e. The molecule has 1 amide bonds. The molecule has 2 aromatic carbocycles. The quantitative estimate of drug-likeness (QED) is 0.488. The monoisotopic (exact) mass is 449 g/mol. The second-order valence-corrected chi connectivity index (χ2v) is 8.59. The molecule has 0 heterocycles. The van der Waals surface area contributed by atoms with Crippen molar-refractivity contribution in [2.24, 2.45) is 11.8 Å². The highest BCUT2D eigenvalue weighted by molar-refractivity contribution is 6.05. The van der Waals surface area contributed by atoms with Gasteiger partial charge in [-0.15, -0.1) is 0 Å². The SMILES string of the molecule is CCc1cc(C2=C(C(F)(F)F)CC3CCCC3C2)ccc1NC(=O)c1c(F)cccc1F. The second kappa shape index (κ2) is 8.68. The van der Waals surface area contributed by atoms with Crippen LogP contribution in [-0.2, 0) is 6.42 Å². The number of fused-ring (bicyclic) bond motifs is 1. The van der Waals surface area contributed by atoms with Gasteiger partial charge in [-0.2, -0.15) is 13.2 Å². The first-order chi connectivity index (χ1) is 15.2. The van der Waals surface area contributed by atoms with Crippen molar-refractivity contribution >= 4 is 17.2 Å². The first-order valence-electron chi connectivity index (χ1n) is 10.9. The summed E-state index contributed by atoms with van der Waals surface area (Å²) in [5.74, 6) is -2.54. The van der Waals surface area contributed by atoms with Crippen LogP contribution in [0.1, 0.15) is 60.5 Å². The minimum absolute atomic E-state index is 0.0516. The van der Waals surface area contributed by atoms with E-state index >= 15 is 0 Å². The summed E-state index contributed by atoms with van der Waals surface area (Å²) in [7, 11) is 0. The Hall–Kier alpha value is -2.70. The van der Waals surface area contributed by atoms with Gasteiger partial charge in [0.25, 0.3) is 5.91 Å². The molecule has 32 heavy (non-hydrogen) atoms. The number of anilines is 1. The van der Waals surface area contributed by atoms with E-state index in [0.717, 1.165) is 31.4 Å². The van der Waals surface area contributed by atoms with Gasteiger partial charge >= 0.3 is 6.18 Å². The second-order valence-electron chi connectivity index (χ2n) is 8.59. The lowest BCUT2D eigenvalue weighted by molar-refractivity contribution is -0.0962. The largest absolute Gasteiger partial charge is 0.412 e. The van der Waals surface area contributed by atoms with E-state index in [4.69, 9.17) is 0 Å². The molecule has 4 rings (SSSR count). The predicted molar refractivity (Wildman–Crippen MR) is 113 cm³/mol. The molecule has 0 bridgehead atoms. The molecule has 1 saturated carbocycles. The van der Waals surface area contributed by atoms with Crippen molar-refractivity contribution in [2.75, 3.05) is 5.32 Å². The molecule has 1 fully saturated rings. The smallest absolute Gasteiger partial charge is 0.322 e. The number of aryl methyl sites for hydroxylation is 1. The van der Waals surface area contributed by atoms with Crippen molar-refractivity contribution < 1.29 is 26.7 Å². The zero-order valence-corrected chi connectivity index (χ0v) is 17.7. The predicted octanol–water partition coefficient (Wildman–Crippen LogP) is 7.31. The summed E-state index contributed by atoms with van der Waals surface area (Å²) in [6.07, 6.45) is -0.748. The molecular formula is C25H24F5NO. The highest BCUT2D eigenvalue weighted by atomic mass is 19.4. The lowest BCUT2D eigenvalue weighted by Gasteiger charge is -2.31. The van der Waals surface area contributed by atoms with Crippen molar-refractivity contribution in [3.63, 3.8) is 0 Å². The number of benzene rings is 2. The fourth-order valence-electron chi connectivity index (χ4n) is 5.10. The number of hydrogen-bond acceptors (Lipinski definition) is 1. The molecule has 2 unspecified atom stereocenters. The van der Waals surface area contributed by atoms with Gasteiger partial charge in [0, 0.05) is 11.3 Å². The maximum absolute atomic E-state index is 13.9. The lowest BCUT2D eigenvalue weighted by atomic mass is 9.75. The lowest BCUT2D eigenvalue weighted by Crippen LogP contribution is -2.24. The number of halogens is 5. The van der Waals surface area contributed by atoms with Crippen molar-refractivity contribution in [1.82, 2.24) is 0 Å². The fraction of sp³-hybridized carbons (Fsp3) is 0.400. The van der Waals surface area contributed by atoms with Crippen molar-refractivity contribution in [3.8, 4) is 0 Å². The summed E-state index contributed by atoms with van der Waals surface area (Å²) in [6.45, 7) is 1.81. The van der Waals surface area contributed by atoms with E-state index in [9.17, 15) is 26.7 Å². The average Bonchev–Trinajstić information content (AvgIpc) is 3.20. The van der Waals surface area contributed by atoms with Gasteiger partial charge in [-0.1, -0.05) is 25.5 Å². The first kappa shape index (κ1) is 22.5. The number of amides is 1. The number of alkyl halides is 3. The molecule has 7 heteroatoms. The summed E-state index contributed by atoms with van der Waals surface area (Å²) in [4.78, 5) is 12.5. The Balaban J connectivity index is 1.68. The molecule has 0 radical (unpaired) electrons. The standard InChI is InChI=1S/C25H24F5NO/c1-2-14-11-17(18-12-15-5-3-6-16(15)13-19(18)25(28,29)30)9-10-22(14)31-24(32)23-20(26)7-4-8-21(23)27/h4,7-11,15-16H,2-3,5-6,12-13H2,1H3,(H,31,32). The van der Waals surface area contributed by atoms with Crippen LogP contribution in [-0.4, -0.2) is 12.1 Å². The molecular weight excluding hydrogens is 425 g/mol. The van der Waals surface area contributed by atoms with E-state index in [1.54, 1.807) is 12.1 Å². The molecule has 2 nitrogen and oxygen atoms in total. The normalized spacial score (nSPS) is 20.9. The number of carbonyl (C=O) groups is 1. The highest BCUT2D eigenvalue weighted by Crippen LogP contribution is 2.51. The van der Waals surface area contributed by atoms with Crippen LogP contribution in [0.15, 0.2) is 42.0 Å². The van der Waals surface area contributed by atoms with E-state index in [1.165, 1.54) is 12.1 Å². The molecule has 0 aromatic heterocycles. The molecule has 2 atom stereocenters. The molecule has 2 aromatic rings. The average molecular weight is 449 g/mol. The third-order valence-corrected chi connectivity index (χ3v) is 6.73. The van der Waals surface area contributed by atoms with Gasteiger partial charge in [0.1, 0.15) is 17.2 Å². The third kappa shape index (κ3) is 4.30. The number of nitrogens with one attached hydrogen (secondary N) is 1. The van der Waals surface area contributed by atoms with E-state index < -0.39 is 34.9 Å². The maximum atomic E-state index is 13.9. The van der Waals surface area contributed by atoms with E-state index in [2.05, 4.69) is 5.32 Å². The number of allylic oxidation sites excluding steroid dienone is 2. The summed E-state index contributed by atoms with van der Waals surface area (Å²) < 4.78 is 69.4. The molecule has 0 aliphatic heterocycles. The molecule has 2 aliphatic carbocycles. The van der Waals surface area contributed by atoms with Crippen molar-refractivity contribution in [2.45, 2.75) is 51.6 Å². The van der Waals surface area contributed by atoms with Crippen LogP contribution in [0.4, 0.5) is 27.6 Å². The summed E-state index contributed by atoms with van der Waals surface area (Å²) >= 11 is 0. The summed E-state index contributed by atoms with van der Waals surface area (Å²) in [6, 6.07) is 7.89. The van der Waals surface area contributed by atoms with E-state index in [0.29, 0.717) is 35.2 Å². The van der Waals surface area contributed by atoms with Crippen LogP contribution in [0.3, 0.4) is 0 Å². The van der Waals surface area contributed by atoms with Crippen LogP contribution in [0.5, 0.6) is 0 Å². The Morgan fingerprint density at radius 1 is 1.03 bits per heavy atom. The summed E-state index contributed by atoms with van der Waals surface area (Å²) in [5, 5.41) is 2.51. The third-order valence-electron chi connectivity index (χ3n) is 6.73. The first-order valence-corrected chi connectivity index (χ1v) is 10.9. The zero-order valence-electron chi connectivity index (χ0n) is 17.7. The molecule has 170 valence electrons. The van der Waals surface area contributed by atoms with Crippen LogP contribution in [0, 0.1) is 23.5 Å². The highest BCUT2D eigenvalue weighted by Gasteiger charge is 2.44. The molecule has 0 saturated heterocycles.